The molecule has 4 aromatic rings. The highest BCUT2D eigenvalue weighted by atomic mass is 32.2. The number of thioether (sulfide) groups is 1. The van der Waals surface area contributed by atoms with E-state index in [1.54, 1.807) is 28.5 Å². The lowest BCUT2D eigenvalue weighted by Crippen LogP contribution is -2.50. The van der Waals surface area contributed by atoms with E-state index >= 15 is 0 Å². The van der Waals surface area contributed by atoms with Crippen LogP contribution in [0.3, 0.4) is 0 Å². The van der Waals surface area contributed by atoms with E-state index < -0.39 is 0 Å². The maximum Gasteiger partial charge on any atom is 0.273 e. The Morgan fingerprint density at radius 3 is 2.28 bits per heavy atom. The lowest BCUT2D eigenvalue weighted by molar-refractivity contribution is -0.130. The van der Waals surface area contributed by atoms with Gasteiger partial charge < -0.3 is 9.80 Å². The third-order valence-corrected chi connectivity index (χ3v) is 8.00. The first-order chi connectivity index (χ1) is 17.6. The van der Waals surface area contributed by atoms with Crippen LogP contribution in [-0.4, -0.2) is 67.5 Å². The van der Waals surface area contributed by atoms with Crippen LogP contribution in [0, 0.1) is 0 Å². The fourth-order valence-corrected chi connectivity index (χ4v) is 5.87. The summed E-state index contributed by atoms with van der Waals surface area (Å²) in [6.45, 7) is 3.75. The molecular formula is C26H26N6O2S2. The molecule has 2 amide bonds. The van der Waals surface area contributed by atoms with Crippen molar-refractivity contribution in [2.24, 2.45) is 0 Å². The standard InChI is InChI=1S/C26H26N6O2S2/c1-19(33)30-12-14-31(15-13-30)25(34)22-17-35-24(27-22)18-36-26-29-28-23(16-20-8-4-2-5-9-20)32(26)21-10-6-3-7-11-21/h2-11,17H,12-16,18H2,1H3. The Morgan fingerprint density at radius 2 is 1.58 bits per heavy atom. The van der Waals surface area contributed by atoms with Crippen LogP contribution in [0.1, 0.15) is 33.8 Å². The largest absolute Gasteiger partial charge is 0.339 e. The number of rotatable bonds is 7. The van der Waals surface area contributed by atoms with Crippen molar-refractivity contribution in [3.63, 3.8) is 0 Å². The summed E-state index contributed by atoms with van der Waals surface area (Å²) in [7, 11) is 0. The minimum atomic E-state index is -0.0803. The average molecular weight is 519 g/mol. The van der Waals surface area contributed by atoms with E-state index in [1.165, 1.54) is 16.9 Å². The SMILES string of the molecule is CC(=O)N1CCN(C(=O)c2csc(CSc3nnc(Cc4ccccc4)n3-c3ccccc3)n2)CC1. The molecule has 1 fully saturated rings. The van der Waals surface area contributed by atoms with Gasteiger partial charge in [-0.2, -0.15) is 0 Å². The van der Waals surface area contributed by atoms with Crippen LogP contribution >= 0.6 is 23.1 Å². The highest BCUT2D eigenvalue weighted by Crippen LogP contribution is 2.27. The van der Waals surface area contributed by atoms with Gasteiger partial charge in [0.2, 0.25) is 5.91 Å². The van der Waals surface area contributed by atoms with Crippen LogP contribution in [0.2, 0.25) is 0 Å². The smallest absolute Gasteiger partial charge is 0.273 e. The van der Waals surface area contributed by atoms with Crippen molar-refractivity contribution in [2.45, 2.75) is 24.3 Å². The molecule has 0 aliphatic carbocycles. The molecule has 0 spiro atoms. The molecule has 0 unspecified atom stereocenters. The number of aromatic nitrogens is 4. The summed E-state index contributed by atoms with van der Waals surface area (Å²) in [6, 6.07) is 20.3. The molecule has 0 atom stereocenters. The Kier molecular flexibility index (Phi) is 7.43. The third kappa shape index (κ3) is 5.50. The number of para-hydroxylation sites is 1. The van der Waals surface area contributed by atoms with Gasteiger partial charge in [0.1, 0.15) is 16.5 Å². The van der Waals surface area contributed by atoms with Crippen molar-refractivity contribution >= 4 is 34.9 Å². The molecule has 184 valence electrons. The molecule has 1 saturated heterocycles. The maximum atomic E-state index is 12.9. The van der Waals surface area contributed by atoms with E-state index in [-0.39, 0.29) is 11.8 Å². The van der Waals surface area contributed by atoms with Crippen molar-refractivity contribution in [2.75, 3.05) is 26.2 Å². The Bertz CT molecular complexity index is 1330. The highest BCUT2D eigenvalue weighted by molar-refractivity contribution is 7.98. The normalized spacial score (nSPS) is 13.7. The molecular weight excluding hydrogens is 492 g/mol. The molecule has 0 saturated carbocycles. The van der Waals surface area contributed by atoms with Gasteiger partial charge in [0.25, 0.3) is 5.91 Å². The van der Waals surface area contributed by atoms with Crippen LogP contribution in [0.4, 0.5) is 0 Å². The molecule has 10 heteroatoms. The molecule has 3 heterocycles. The topological polar surface area (TPSA) is 84.2 Å². The summed E-state index contributed by atoms with van der Waals surface area (Å²) in [6.07, 6.45) is 0.677. The van der Waals surface area contributed by atoms with Crippen molar-refractivity contribution in [3.8, 4) is 5.69 Å². The van der Waals surface area contributed by atoms with E-state index in [0.29, 0.717) is 44.0 Å². The fraction of sp³-hybridized carbons (Fsp3) is 0.269. The maximum absolute atomic E-state index is 12.9. The fourth-order valence-electron chi connectivity index (χ4n) is 4.11. The van der Waals surface area contributed by atoms with Crippen LogP contribution < -0.4 is 0 Å². The third-order valence-electron chi connectivity index (χ3n) is 6.03. The number of thiazole rings is 1. The number of nitrogens with zero attached hydrogens (tertiary/aromatic N) is 6. The van der Waals surface area contributed by atoms with E-state index in [9.17, 15) is 9.59 Å². The van der Waals surface area contributed by atoms with E-state index in [2.05, 4.69) is 31.9 Å². The van der Waals surface area contributed by atoms with Gasteiger partial charge in [0, 0.05) is 50.6 Å². The molecule has 5 rings (SSSR count). The Morgan fingerprint density at radius 1 is 0.917 bits per heavy atom. The monoisotopic (exact) mass is 518 g/mol. The molecule has 36 heavy (non-hydrogen) atoms. The van der Waals surface area contributed by atoms with Gasteiger partial charge in [-0.05, 0) is 17.7 Å². The van der Waals surface area contributed by atoms with Gasteiger partial charge >= 0.3 is 0 Å². The number of carbonyl (C=O) groups is 2. The van der Waals surface area contributed by atoms with Crippen molar-refractivity contribution in [3.05, 3.63) is 88.1 Å². The predicted octanol–water partition coefficient (Wildman–Crippen LogP) is 3.91. The first kappa shape index (κ1) is 24.2. The number of hydrogen-bond donors (Lipinski definition) is 0. The van der Waals surface area contributed by atoms with Gasteiger partial charge in [-0.3, -0.25) is 14.2 Å². The summed E-state index contributed by atoms with van der Waals surface area (Å²) in [5.74, 6) is 1.43. The molecule has 1 aliphatic heterocycles. The van der Waals surface area contributed by atoms with Gasteiger partial charge in [0.05, 0.1) is 5.75 Å². The van der Waals surface area contributed by atoms with Gasteiger partial charge in [-0.1, -0.05) is 60.3 Å². The molecule has 8 nitrogen and oxygen atoms in total. The number of benzene rings is 2. The van der Waals surface area contributed by atoms with Crippen molar-refractivity contribution in [1.82, 2.24) is 29.5 Å². The molecule has 0 radical (unpaired) electrons. The quantitative estimate of drug-likeness (QED) is 0.345. The summed E-state index contributed by atoms with van der Waals surface area (Å²) >= 11 is 3.03. The Hall–Kier alpha value is -3.50. The number of piperazine rings is 1. The average Bonchev–Trinajstić information content (AvgIpc) is 3.55. The summed E-state index contributed by atoms with van der Waals surface area (Å²) in [4.78, 5) is 32.6. The van der Waals surface area contributed by atoms with E-state index in [0.717, 1.165) is 21.7 Å². The van der Waals surface area contributed by atoms with Crippen molar-refractivity contribution in [1.29, 1.82) is 0 Å². The van der Waals surface area contributed by atoms with Gasteiger partial charge in [-0.25, -0.2) is 4.98 Å². The minimum Gasteiger partial charge on any atom is -0.339 e. The first-order valence-electron chi connectivity index (χ1n) is 11.7. The summed E-state index contributed by atoms with van der Waals surface area (Å²) in [5.41, 5.74) is 2.64. The van der Waals surface area contributed by atoms with Crippen molar-refractivity contribution < 1.29 is 9.59 Å². The predicted molar refractivity (Wildman–Crippen MR) is 140 cm³/mol. The molecule has 0 N–H and O–H groups in total. The van der Waals surface area contributed by atoms with Crippen LogP contribution in [0.5, 0.6) is 0 Å². The van der Waals surface area contributed by atoms with Crippen LogP contribution in [-0.2, 0) is 17.0 Å². The molecule has 1 aliphatic rings. The lowest BCUT2D eigenvalue weighted by Gasteiger charge is -2.33. The zero-order valence-electron chi connectivity index (χ0n) is 19.9. The second kappa shape index (κ2) is 11.0. The van der Waals surface area contributed by atoms with Crippen LogP contribution in [0.15, 0.2) is 71.2 Å². The number of carbonyl (C=O) groups excluding carboxylic acids is 2. The first-order valence-corrected chi connectivity index (χ1v) is 13.6. The Labute approximate surface area is 218 Å². The van der Waals surface area contributed by atoms with Gasteiger partial charge in [-0.15, -0.1) is 21.5 Å². The zero-order chi connectivity index (χ0) is 24.9. The molecule has 0 bridgehead atoms. The van der Waals surface area contributed by atoms with Gasteiger partial charge in [0.15, 0.2) is 5.16 Å². The van der Waals surface area contributed by atoms with E-state index in [1.807, 2.05) is 53.9 Å². The summed E-state index contributed by atoms with van der Waals surface area (Å²) < 4.78 is 2.09. The summed E-state index contributed by atoms with van der Waals surface area (Å²) in [5, 5.41) is 12.4. The zero-order valence-corrected chi connectivity index (χ0v) is 21.5. The molecule has 2 aromatic heterocycles. The number of hydrogen-bond acceptors (Lipinski definition) is 7. The van der Waals surface area contributed by atoms with Crippen LogP contribution in [0.25, 0.3) is 5.69 Å². The Balaban J connectivity index is 1.28. The molecule has 2 aromatic carbocycles. The second-order valence-corrected chi connectivity index (χ2v) is 10.3. The highest BCUT2D eigenvalue weighted by Gasteiger charge is 2.25. The minimum absolute atomic E-state index is 0.0466. The number of amides is 2. The lowest BCUT2D eigenvalue weighted by atomic mass is 10.1. The second-order valence-electron chi connectivity index (χ2n) is 8.45. The van der Waals surface area contributed by atoms with E-state index in [4.69, 9.17) is 0 Å².